The summed E-state index contributed by atoms with van der Waals surface area (Å²) >= 11 is 0. The molecule has 6 nitrogen and oxygen atoms in total. The van der Waals surface area contributed by atoms with E-state index in [0.29, 0.717) is 12.8 Å². The second-order valence-corrected chi connectivity index (χ2v) is 5.92. The lowest BCUT2D eigenvalue weighted by Crippen LogP contribution is -2.47. The van der Waals surface area contributed by atoms with Gasteiger partial charge in [0.25, 0.3) is 0 Å². The highest BCUT2D eigenvalue weighted by Crippen LogP contribution is 2.47. The van der Waals surface area contributed by atoms with Gasteiger partial charge in [0.15, 0.2) is 0 Å². The Labute approximate surface area is 121 Å². The molecule has 0 bridgehead atoms. The summed E-state index contributed by atoms with van der Waals surface area (Å²) in [5, 5.41) is 8.98. The quantitative estimate of drug-likeness (QED) is 0.841. The molecular weight excluding hydrogens is 272 g/mol. The van der Waals surface area contributed by atoms with Crippen molar-refractivity contribution in [1.29, 1.82) is 0 Å². The third-order valence-electron chi connectivity index (χ3n) is 4.44. The van der Waals surface area contributed by atoms with Crippen molar-refractivity contribution in [2.75, 3.05) is 4.90 Å². The summed E-state index contributed by atoms with van der Waals surface area (Å²) in [6.45, 7) is 0. The zero-order valence-electron chi connectivity index (χ0n) is 11.5. The third-order valence-corrected chi connectivity index (χ3v) is 4.44. The summed E-state index contributed by atoms with van der Waals surface area (Å²) in [4.78, 5) is 40.6. The fourth-order valence-corrected chi connectivity index (χ4v) is 3.43. The van der Waals surface area contributed by atoms with Crippen LogP contribution in [0, 0.1) is 5.41 Å². The van der Waals surface area contributed by atoms with Crippen LogP contribution < -0.4 is 4.90 Å². The van der Waals surface area contributed by atoms with Crippen molar-refractivity contribution in [3.8, 4) is 0 Å². The number of piperidine rings is 1. The molecule has 2 amide bonds. The van der Waals surface area contributed by atoms with Gasteiger partial charge >= 0.3 is 5.97 Å². The molecule has 2 aliphatic rings. The number of hydrogen-bond donors (Lipinski definition) is 1. The van der Waals surface area contributed by atoms with E-state index in [1.165, 1.54) is 18.5 Å². The highest BCUT2D eigenvalue weighted by atomic mass is 16.4. The summed E-state index contributed by atoms with van der Waals surface area (Å²) in [6.07, 6.45) is 7.24. The van der Waals surface area contributed by atoms with E-state index in [2.05, 4.69) is 4.98 Å². The normalized spacial score (nSPS) is 21.0. The molecule has 1 aromatic heterocycles. The first-order chi connectivity index (χ1) is 10.0. The van der Waals surface area contributed by atoms with Crippen LogP contribution in [0.2, 0.25) is 0 Å². The average molecular weight is 288 g/mol. The lowest BCUT2D eigenvalue weighted by Gasteiger charge is -2.37. The van der Waals surface area contributed by atoms with E-state index in [1.54, 1.807) is 0 Å². The van der Waals surface area contributed by atoms with E-state index >= 15 is 0 Å². The highest BCUT2D eigenvalue weighted by Gasteiger charge is 2.45. The molecule has 2 fully saturated rings. The summed E-state index contributed by atoms with van der Waals surface area (Å²) in [5.41, 5.74) is 0.0506. The third kappa shape index (κ3) is 2.41. The molecule has 6 heteroatoms. The molecule has 110 valence electrons. The Balaban J connectivity index is 1.89. The van der Waals surface area contributed by atoms with Crippen molar-refractivity contribution in [2.24, 2.45) is 5.41 Å². The summed E-state index contributed by atoms with van der Waals surface area (Å²) in [5.74, 6) is -1.64. The van der Waals surface area contributed by atoms with Gasteiger partial charge in [0.2, 0.25) is 11.8 Å². The fraction of sp³-hybridized carbons (Fsp3) is 0.467. The number of rotatable bonds is 2. The Morgan fingerprint density at radius 1 is 1.14 bits per heavy atom. The van der Waals surface area contributed by atoms with Crippen LogP contribution in [0.15, 0.2) is 18.5 Å². The van der Waals surface area contributed by atoms with Crippen LogP contribution in [-0.2, 0) is 9.59 Å². The monoisotopic (exact) mass is 288 g/mol. The van der Waals surface area contributed by atoms with Gasteiger partial charge in [-0.25, -0.2) is 9.69 Å². The molecule has 1 spiro atoms. The minimum atomic E-state index is -1.13. The molecule has 1 N–H and O–H groups in total. The van der Waals surface area contributed by atoms with Crippen LogP contribution in [0.1, 0.15) is 48.9 Å². The summed E-state index contributed by atoms with van der Waals surface area (Å²) < 4.78 is 0. The largest absolute Gasteiger partial charge is 0.478 e. The number of carbonyl (C=O) groups excluding carboxylic acids is 2. The van der Waals surface area contributed by atoms with Crippen LogP contribution in [0.4, 0.5) is 5.69 Å². The standard InChI is InChI=1S/C15H16N2O4/c18-12-6-15(3-1-2-4-15)7-13(19)17(12)11-5-10(14(20)21)8-16-9-11/h5,8-9H,1-4,6-7H2,(H,20,21). The predicted molar refractivity (Wildman–Crippen MR) is 73.8 cm³/mol. The summed E-state index contributed by atoms with van der Waals surface area (Å²) in [7, 11) is 0. The van der Waals surface area contributed by atoms with Crippen molar-refractivity contribution < 1.29 is 19.5 Å². The van der Waals surface area contributed by atoms with Crippen molar-refractivity contribution in [2.45, 2.75) is 38.5 Å². The fourth-order valence-electron chi connectivity index (χ4n) is 3.43. The number of carboxylic acids is 1. The topological polar surface area (TPSA) is 87.6 Å². The van der Waals surface area contributed by atoms with Gasteiger partial charge in [-0.1, -0.05) is 12.8 Å². The van der Waals surface area contributed by atoms with Gasteiger partial charge in [-0.15, -0.1) is 0 Å². The lowest BCUT2D eigenvalue weighted by molar-refractivity contribution is -0.133. The van der Waals surface area contributed by atoms with E-state index < -0.39 is 5.97 Å². The van der Waals surface area contributed by atoms with Crippen LogP contribution in [0.3, 0.4) is 0 Å². The van der Waals surface area contributed by atoms with E-state index in [-0.39, 0.29) is 28.5 Å². The Bertz CT molecular complexity index is 600. The number of carboxylic acid groups (broad SMARTS) is 1. The molecule has 1 aliphatic carbocycles. The predicted octanol–water partition coefficient (Wildman–Crippen LogP) is 1.99. The van der Waals surface area contributed by atoms with Crippen molar-refractivity contribution in [3.05, 3.63) is 24.0 Å². The molecule has 0 atom stereocenters. The van der Waals surface area contributed by atoms with Gasteiger partial charge in [0.05, 0.1) is 17.4 Å². The molecule has 0 radical (unpaired) electrons. The van der Waals surface area contributed by atoms with Crippen LogP contribution in [0.5, 0.6) is 0 Å². The number of carbonyl (C=O) groups is 3. The SMILES string of the molecule is O=C(O)c1cncc(N2C(=O)CC3(CCCC3)CC2=O)c1. The average Bonchev–Trinajstić information content (AvgIpc) is 2.86. The van der Waals surface area contributed by atoms with Gasteiger partial charge in [0.1, 0.15) is 0 Å². The number of imide groups is 1. The van der Waals surface area contributed by atoms with E-state index in [9.17, 15) is 14.4 Å². The van der Waals surface area contributed by atoms with Crippen LogP contribution >= 0.6 is 0 Å². The molecule has 1 saturated heterocycles. The molecule has 2 heterocycles. The number of pyridine rings is 1. The zero-order valence-corrected chi connectivity index (χ0v) is 11.5. The van der Waals surface area contributed by atoms with Gasteiger partial charge in [-0.2, -0.15) is 0 Å². The number of anilines is 1. The molecule has 1 saturated carbocycles. The Hall–Kier alpha value is -2.24. The minimum absolute atomic E-state index is 0.0331. The molecular formula is C15H16N2O4. The van der Waals surface area contributed by atoms with Gasteiger partial charge in [-0.3, -0.25) is 14.6 Å². The number of aromatic nitrogens is 1. The number of nitrogens with zero attached hydrogens (tertiary/aromatic N) is 2. The minimum Gasteiger partial charge on any atom is -0.478 e. The maximum absolute atomic E-state index is 12.4. The maximum Gasteiger partial charge on any atom is 0.337 e. The summed E-state index contributed by atoms with van der Waals surface area (Å²) in [6, 6.07) is 1.32. The van der Waals surface area contributed by atoms with Gasteiger partial charge in [0, 0.05) is 19.0 Å². The maximum atomic E-state index is 12.4. The second kappa shape index (κ2) is 4.95. The number of hydrogen-bond acceptors (Lipinski definition) is 4. The first kappa shape index (κ1) is 13.7. The molecule has 1 aromatic rings. The Morgan fingerprint density at radius 3 is 2.33 bits per heavy atom. The van der Waals surface area contributed by atoms with E-state index in [0.717, 1.165) is 30.6 Å². The Morgan fingerprint density at radius 2 is 1.76 bits per heavy atom. The molecule has 3 rings (SSSR count). The highest BCUT2D eigenvalue weighted by molar-refractivity contribution is 6.17. The molecule has 21 heavy (non-hydrogen) atoms. The van der Waals surface area contributed by atoms with Gasteiger partial charge < -0.3 is 5.11 Å². The van der Waals surface area contributed by atoms with Crippen LogP contribution in [0.25, 0.3) is 0 Å². The van der Waals surface area contributed by atoms with Crippen molar-refractivity contribution >= 4 is 23.5 Å². The second-order valence-electron chi connectivity index (χ2n) is 5.92. The molecule has 0 aromatic carbocycles. The van der Waals surface area contributed by atoms with Crippen molar-refractivity contribution in [3.63, 3.8) is 0 Å². The number of amides is 2. The van der Waals surface area contributed by atoms with Gasteiger partial charge in [-0.05, 0) is 24.3 Å². The Kier molecular flexibility index (Phi) is 3.23. The van der Waals surface area contributed by atoms with Crippen molar-refractivity contribution in [1.82, 2.24) is 4.98 Å². The lowest BCUT2D eigenvalue weighted by atomic mass is 9.76. The first-order valence-electron chi connectivity index (χ1n) is 7.05. The zero-order chi connectivity index (χ0) is 15.0. The van der Waals surface area contributed by atoms with E-state index in [1.807, 2.05) is 0 Å². The molecule has 0 unspecified atom stereocenters. The molecule has 1 aliphatic heterocycles. The number of aromatic carboxylic acids is 1. The smallest absolute Gasteiger partial charge is 0.337 e. The van der Waals surface area contributed by atoms with E-state index in [4.69, 9.17) is 5.11 Å². The van der Waals surface area contributed by atoms with Crippen LogP contribution in [-0.4, -0.2) is 27.9 Å². The first-order valence-corrected chi connectivity index (χ1v) is 7.05.